The second-order valence-corrected chi connectivity index (χ2v) is 5.20. The molecule has 1 aromatic carbocycles. The fraction of sp³-hybridized carbons (Fsp3) is 0.438. The smallest absolute Gasteiger partial charge is 0.328 e. The van der Waals surface area contributed by atoms with E-state index in [1.807, 2.05) is 33.8 Å². The van der Waals surface area contributed by atoms with Gasteiger partial charge in [-0.05, 0) is 55.0 Å². The Morgan fingerprint density at radius 3 is 2.32 bits per heavy atom. The van der Waals surface area contributed by atoms with Gasteiger partial charge in [-0.25, -0.2) is 4.79 Å². The van der Waals surface area contributed by atoms with Gasteiger partial charge in [0.25, 0.3) is 0 Å². The molecule has 0 amide bonds. The summed E-state index contributed by atoms with van der Waals surface area (Å²) in [5, 5.41) is 8.83. The lowest BCUT2D eigenvalue weighted by atomic mass is 10.0. The molecule has 0 saturated heterocycles. The van der Waals surface area contributed by atoms with Crippen molar-refractivity contribution in [2.75, 3.05) is 6.61 Å². The Hall–Kier alpha value is -1.77. The molecule has 0 bridgehead atoms. The van der Waals surface area contributed by atoms with Crippen LogP contribution < -0.4 is 4.74 Å². The van der Waals surface area contributed by atoms with Crippen molar-refractivity contribution in [3.63, 3.8) is 0 Å². The predicted octanol–water partition coefficient (Wildman–Crippen LogP) is 3.66. The molecule has 0 saturated carbocycles. The van der Waals surface area contributed by atoms with Crippen molar-refractivity contribution >= 4 is 5.97 Å². The summed E-state index contributed by atoms with van der Waals surface area (Å²) in [7, 11) is 0. The van der Waals surface area contributed by atoms with Crippen molar-refractivity contribution in [3.05, 3.63) is 40.5 Å². The van der Waals surface area contributed by atoms with Crippen LogP contribution in [0.1, 0.15) is 30.5 Å². The molecule has 1 N–H and O–H groups in total. The third-order valence-corrected chi connectivity index (χ3v) is 3.24. The second kappa shape index (κ2) is 6.41. The van der Waals surface area contributed by atoms with E-state index < -0.39 is 5.97 Å². The van der Waals surface area contributed by atoms with Crippen LogP contribution in [0.15, 0.2) is 23.8 Å². The van der Waals surface area contributed by atoms with Crippen LogP contribution in [0.3, 0.4) is 0 Å². The predicted molar refractivity (Wildman–Crippen MR) is 76.7 cm³/mol. The molecule has 3 nitrogen and oxygen atoms in total. The molecule has 0 aromatic heterocycles. The van der Waals surface area contributed by atoms with Crippen LogP contribution in [0.25, 0.3) is 0 Å². The fourth-order valence-electron chi connectivity index (χ4n) is 1.78. The van der Waals surface area contributed by atoms with Crippen molar-refractivity contribution in [2.45, 2.75) is 34.6 Å². The maximum atomic E-state index is 10.8. The third-order valence-electron chi connectivity index (χ3n) is 3.24. The topological polar surface area (TPSA) is 46.5 Å². The van der Waals surface area contributed by atoms with Crippen LogP contribution in [0.2, 0.25) is 0 Å². The van der Waals surface area contributed by atoms with E-state index in [1.165, 1.54) is 17.2 Å². The summed E-state index contributed by atoms with van der Waals surface area (Å²) in [5.74, 6) is 0.0482. The van der Waals surface area contributed by atoms with E-state index in [2.05, 4.69) is 13.0 Å². The first-order valence-electron chi connectivity index (χ1n) is 6.45. The minimum absolute atomic E-state index is 0.156. The van der Waals surface area contributed by atoms with Gasteiger partial charge in [0, 0.05) is 6.08 Å². The Morgan fingerprint density at radius 1 is 1.21 bits per heavy atom. The molecule has 1 rings (SSSR count). The number of hydrogen-bond donors (Lipinski definition) is 1. The van der Waals surface area contributed by atoms with Gasteiger partial charge in [0.05, 0.1) is 0 Å². The first kappa shape index (κ1) is 15.3. The zero-order chi connectivity index (χ0) is 14.6. The molecule has 0 fully saturated rings. The molecule has 0 aliphatic heterocycles. The van der Waals surface area contributed by atoms with Gasteiger partial charge >= 0.3 is 5.97 Å². The molecule has 19 heavy (non-hydrogen) atoms. The van der Waals surface area contributed by atoms with Crippen LogP contribution >= 0.6 is 0 Å². The molecule has 0 aliphatic rings. The highest BCUT2D eigenvalue weighted by Crippen LogP contribution is 2.23. The molecular formula is C16H22O3. The highest BCUT2D eigenvalue weighted by Gasteiger charge is 2.09. The Balaban J connectivity index is 2.86. The van der Waals surface area contributed by atoms with Crippen molar-refractivity contribution in [3.8, 4) is 5.75 Å². The van der Waals surface area contributed by atoms with Crippen LogP contribution in [-0.4, -0.2) is 17.7 Å². The Kier molecular flexibility index (Phi) is 5.16. The number of aryl methyl sites for hydroxylation is 3. The number of benzene rings is 1. The zero-order valence-corrected chi connectivity index (χ0v) is 12.3. The summed E-state index contributed by atoms with van der Waals surface area (Å²) in [4.78, 5) is 10.8. The van der Waals surface area contributed by atoms with Crippen molar-refractivity contribution in [1.82, 2.24) is 0 Å². The van der Waals surface area contributed by atoms with Gasteiger partial charge in [-0.3, -0.25) is 0 Å². The number of carbonyl (C=O) groups is 1. The molecule has 3 heteroatoms. The summed E-state index contributed by atoms with van der Waals surface area (Å²) < 4.78 is 5.77. The molecule has 0 heterocycles. The van der Waals surface area contributed by atoms with Crippen LogP contribution in [0.5, 0.6) is 5.75 Å². The third kappa shape index (κ3) is 4.43. The molecular weight excluding hydrogens is 240 g/mol. The maximum absolute atomic E-state index is 10.8. The van der Waals surface area contributed by atoms with Gasteiger partial charge in [-0.1, -0.05) is 19.9 Å². The largest absolute Gasteiger partial charge is 0.489 e. The van der Waals surface area contributed by atoms with Crippen molar-refractivity contribution < 1.29 is 14.6 Å². The standard InChI is InChI=1S/C16H22O3/c1-10(2)14(8-16(17)18)9-19-15-7-12(4)11(3)6-13(15)5/h6-8,10H,9H2,1-5H3,(H,17,18)/b14-8-. The number of hydrogen-bond acceptors (Lipinski definition) is 2. The van der Waals surface area contributed by atoms with E-state index in [4.69, 9.17) is 9.84 Å². The van der Waals surface area contributed by atoms with E-state index in [1.54, 1.807) is 0 Å². The summed E-state index contributed by atoms with van der Waals surface area (Å²) in [6, 6.07) is 4.09. The van der Waals surface area contributed by atoms with Gasteiger partial charge in [0.2, 0.25) is 0 Å². The SMILES string of the molecule is Cc1cc(C)c(OC/C(=C/C(=O)O)C(C)C)cc1C. The lowest BCUT2D eigenvalue weighted by molar-refractivity contribution is -0.131. The average molecular weight is 262 g/mol. The van der Waals surface area contributed by atoms with E-state index in [0.717, 1.165) is 16.9 Å². The van der Waals surface area contributed by atoms with Crippen LogP contribution in [0.4, 0.5) is 0 Å². The first-order valence-corrected chi connectivity index (χ1v) is 6.45. The van der Waals surface area contributed by atoms with E-state index in [-0.39, 0.29) is 5.92 Å². The van der Waals surface area contributed by atoms with Crippen molar-refractivity contribution in [1.29, 1.82) is 0 Å². The average Bonchev–Trinajstić information content (AvgIpc) is 2.29. The monoisotopic (exact) mass is 262 g/mol. The maximum Gasteiger partial charge on any atom is 0.328 e. The molecule has 104 valence electrons. The number of rotatable bonds is 5. The molecule has 0 spiro atoms. The normalized spacial score (nSPS) is 11.8. The summed E-state index contributed by atoms with van der Waals surface area (Å²) in [6.07, 6.45) is 1.24. The number of aliphatic carboxylic acids is 1. The summed E-state index contributed by atoms with van der Waals surface area (Å²) in [5.41, 5.74) is 4.26. The van der Waals surface area contributed by atoms with Crippen LogP contribution in [0, 0.1) is 26.7 Å². The van der Waals surface area contributed by atoms with Crippen LogP contribution in [-0.2, 0) is 4.79 Å². The zero-order valence-electron chi connectivity index (χ0n) is 12.3. The van der Waals surface area contributed by atoms with Gasteiger partial charge in [-0.2, -0.15) is 0 Å². The van der Waals surface area contributed by atoms with E-state index >= 15 is 0 Å². The summed E-state index contributed by atoms with van der Waals surface area (Å²) in [6.45, 7) is 10.3. The Labute approximate surface area is 114 Å². The fourth-order valence-corrected chi connectivity index (χ4v) is 1.78. The minimum Gasteiger partial charge on any atom is -0.489 e. The molecule has 0 atom stereocenters. The van der Waals surface area contributed by atoms with Gasteiger partial charge in [0.1, 0.15) is 12.4 Å². The molecule has 0 aliphatic carbocycles. The molecule has 1 aromatic rings. The van der Waals surface area contributed by atoms with E-state index in [0.29, 0.717) is 6.61 Å². The molecule has 0 radical (unpaired) electrons. The summed E-state index contributed by atoms with van der Waals surface area (Å²) >= 11 is 0. The van der Waals surface area contributed by atoms with Gasteiger partial charge in [0.15, 0.2) is 0 Å². The number of carboxylic acids is 1. The first-order chi connectivity index (χ1) is 8.81. The van der Waals surface area contributed by atoms with Gasteiger partial charge in [-0.15, -0.1) is 0 Å². The van der Waals surface area contributed by atoms with Crippen molar-refractivity contribution in [2.24, 2.45) is 5.92 Å². The molecule has 0 unspecified atom stereocenters. The highest BCUT2D eigenvalue weighted by molar-refractivity contribution is 5.80. The number of carboxylic acid groups (broad SMARTS) is 1. The lowest BCUT2D eigenvalue weighted by Crippen LogP contribution is -2.09. The lowest BCUT2D eigenvalue weighted by Gasteiger charge is -2.15. The Morgan fingerprint density at radius 2 is 1.79 bits per heavy atom. The quantitative estimate of drug-likeness (QED) is 0.824. The minimum atomic E-state index is -0.927. The van der Waals surface area contributed by atoms with E-state index in [9.17, 15) is 4.79 Å². The number of ether oxygens (including phenoxy) is 1. The van der Waals surface area contributed by atoms with Gasteiger partial charge < -0.3 is 9.84 Å². The second-order valence-electron chi connectivity index (χ2n) is 5.20. The highest BCUT2D eigenvalue weighted by atomic mass is 16.5. The Bertz CT molecular complexity index is 499.